The van der Waals surface area contributed by atoms with E-state index < -0.39 is 0 Å². The molecule has 1 aliphatic carbocycles. The van der Waals surface area contributed by atoms with Crippen molar-refractivity contribution in [2.24, 2.45) is 0 Å². The number of rotatable bonds is 10. The molecular formula is C17H36NO+. The van der Waals surface area contributed by atoms with E-state index in [1.165, 1.54) is 70.6 Å². The molecule has 0 aromatic heterocycles. The van der Waals surface area contributed by atoms with Crippen LogP contribution in [-0.4, -0.2) is 38.0 Å². The highest BCUT2D eigenvalue weighted by Gasteiger charge is 2.29. The molecule has 0 aromatic carbocycles. The maximum Gasteiger partial charge on any atom is 0.182 e. The van der Waals surface area contributed by atoms with Crippen LogP contribution in [0.25, 0.3) is 0 Å². The summed E-state index contributed by atoms with van der Waals surface area (Å²) in [6.07, 6.45) is 15.2. The maximum absolute atomic E-state index is 5.93. The van der Waals surface area contributed by atoms with Crippen LogP contribution in [0.5, 0.6) is 0 Å². The van der Waals surface area contributed by atoms with E-state index in [4.69, 9.17) is 4.74 Å². The van der Waals surface area contributed by atoms with Crippen LogP contribution in [0.2, 0.25) is 0 Å². The first-order chi connectivity index (χ1) is 9.17. The Hall–Kier alpha value is -0.0800. The maximum atomic E-state index is 5.93. The van der Waals surface area contributed by atoms with Crippen LogP contribution in [0, 0.1) is 0 Å². The average Bonchev–Trinajstić information content (AvgIpc) is 2.43. The summed E-state index contributed by atoms with van der Waals surface area (Å²) in [4.78, 5) is 0. The fourth-order valence-electron chi connectivity index (χ4n) is 3.17. The van der Waals surface area contributed by atoms with Crippen LogP contribution in [0.15, 0.2) is 0 Å². The highest BCUT2D eigenvalue weighted by molar-refractivity contribution is 4.65. The van der Waals surface area contributed by atoms with Gasteiger partial charge in [0.15, 0.2) is 6.73 Å². The van der Waals surface area contributed by atoms with Gasteiger partial charge in [-0.25, -0.2) is 0 Å². The Kier molecular flexibility index (Phi) is 8.72. The fourth-order valence-corrected chi connectivity index (χ4v) is 3.17. The third-order valence-corrected chi connectivity index (χ3v) is 4.63. The van der Waals surface area contributed by atoms with Gasteiger partial charge in [-0.15, -0.1) is 0 Å². The van der Waals surface area contributed by atoms with Gasteiger partial charge in [-0.3, -0.25) is 0 Å². The van der Waals surface area contributed by atoms with Gasteiger partial charge in [-0.05, 0) is 32.1 Å². The molecule has 0 unspecified atom stereocenters. The lowest BCUT2D eigenvalue weighted by Gasteiger charge is -2.39. The normalized spacial score (nSPS) is 17.8. The summed E-state index contributed by atoms with van der Waals surface area (Å²) in [5.41, 5.74) is 0. The van der Waals surface area contributed by atoms with E-state index in [1.54, 1.807) is 0 Å². The molecule has 1 fully saturated rings. The Labute approximate surface area is 121 Å². The molecule has 1 saturated carbocycles. The number of quaternary nitrogens is 1. The van der Waals surface area contributed by atoms with Gasteiger partial charge in [-0.2, -0.15) is 0 Å². The molecule has 1 aliphatic rings. The van der Waals surface area contributed by atoms with Crippen molar-refractivity contribution in [3.63, 3.8) is 0 Å². The number of unbranched alkanes of at least 4 members (excludes halogenated alkanes) is 5. The van der Waals surface area contributed by atoms with Gasteiger partial charge < -0.3 is 9.22 Å². The summed E-state index contributed by atoms with van der Waals surface area (Å²) >= 11 is 0. The molecule has 114 valence electrons. The summed E-state index contributed by atoms with van der Waals surface area (Å²) in [7, 11) is 4.69. The lowest BCUT2D eigenvalue weighted by molar-refractivity contribution is -0.934. The van der Waals surface area contributed by atoms with Gasteiger partial charge in [0.2, 0.25) is 0 Å². The Balaban J connectivity index is 2.00. The molecule has 2 heteroatoms. The van der Waals surface area contributed by atoms with Gasteiger partial charge in [-0.1, -0.05) is 45.4 Å². The van der Waals surface area contributed by atoms with Crippen molar-refractivity contribution < 1.29 is 9.22 Å². The third kappa shape index (κ3) is 7.31. The molecule has 0 saturated heterocycles. The van der Waals surface area contributed by atoms with E-state index in [0.717, 1.165) is 23.9 Å². The van der Waals surface area contributed by atoms with Crippen LogP contribution >= 0.6 is 0 Å². The number of nitrogens with zero attached hydrogens (tertiary/aromatic N) is 1. The van der Waals surface area contributed by atoms with Crippen molar-refractivity contribution in [1.29, 1.82) is 0 Å². The molecule has 0 N–H and O–H groups in total. The smallest absolute Gasteiger partial charge is 0.182 e. The van der Waals surface area contributed by atoms with Crippen LogP contribution in [0.4, 0.5) is 0 Å². The molecule has 0 aromatic rings. The quantitative estimate of drug-likeness (QED) is 0.317. The van der Waals surface area contributed by atoms with Crippen LogP contribution in [0.1, 0.15) is 77.6 Å². The van der Waals surface area contributed by atoms with E-state index in [0.29, 0.717) is 0 Å². The lowest BCUT2D eigenvalue weighted by Crippen LogP contribution is -2.51. The Morgan fingerprint density at radius 2 is 1.53 bits per heavy atom. The van der Waals surface area contributed by atoms with Crippen molar-refractivity contribution >= 4 is 0 Å². The van der Waals surface area contributed by atoms with Crippen LogP contribution in [0.3, 0.4) is 0 Å². The second kappa shape index (κ2) is 9.77. The topological polar surface area (TPSA) is 9.23 Å². The highest BCUT2D eigenvalue weighted by Crippen LogP contribution is 2.25. The van der Waals surface area contributed by atoms with Gasteiger partial charge in [0, 0.05) is 0 Å². The minimum absolute atomic E-state index is 0.832. The van der Waals surface area contributed by atoms with Crippen molar-refractivity contribution in [1.82, 2.24) is 0 Å². The second-order valence-electron chi connectivity index (χ2n) is 6.88. The predicted molar refractivity (Wildman–Crippen MR) is 83.2 cm³/mol. The molecule has 2 nitrogen and oxygen atoms in total. The van der Waals surface area contributed by atoms with Crippen molar-refractivity contribution in [3.8, 4) is 0 Å². The standard InChI is InChI=1S/C17H36NO/c1-4-5-6-7-8-12-15-19-16-18(2,3)17-13-10-9-11-14-17/h17H,4-16H2,1-3H3/q+1. The molecule has 0 spiro atoms. The molecule has 0 radical (unpaired) electrons. The Morgan fingerprint density at radius 3 is 2.21 bits per heavy atom. The monoisotopic (exact) mass is 270 g/mol. The van der Waals surface area contributed by atoms with Crippen molar-refractivity contribution in [3.05, 3.63) is 0 Å². The molecule has 19 heavy (non-hydrogen) atoms. The molecule has 0 heterocycles. The van der Waals surface area contributed by atoms with Gasteiger partial charge in [0.05, 0.1) is 26.7 Å². The second-order valence-corrected chi connectivity index (χ2v) is 6.88. The van der Waals surface area contributed by atoms with Crippen molar-refractivity contribution in [2.45, 2.75) is 83.6 Å². The number of hydrogen-bond donors (Lipinski definition) is 0. The van der Waals surface area contributed by atoms with E-state index in [1.807, 2.05) is 0 Å². The first kappa shape index (κ1) is 17.0. The van der Waals surface area contributed by atoms with Gasteiger partial charge in [0.25, 0.3) is 0 Å². The summed E-state index contributed by atoms with van der Waals surface area (Å²) in [5, 5.41) is 0. The molecule has 0 atom stereocenters. The molecule has 0 bridgehead atoms. The summed E-state index contributed by atoms with van der Waals surface area (Å²) in [6.45, 7) is 4.13. The summed E-state index contributed by atoms with van der Waals surface area (Å²) in [5.74, 6) is 0. The Bertz CT molecular complexity index is 209. The lowest BCUT2D eigenvalue weighted by atomic mass is 9.93. The minimum atomic E-state index is 0.832. The zero-order valence-corrected chi connectivity index (χ0v) is 13.6. The van der Waals surface area contributed by atoms with Crippen LogP contribution in [-0.2, 0) is 4.74 Å². The molecule has 0 amide bonds. The van der Waals surface area contributed by atoms with Crippen molar-refractivity contribution in [2.75, 3.05) is 27.4 Å². The largest absolute Gasteiger partial charge is 0.332 e. The van der Waals surface area contributed by atoms with Crippen LogP contribution < -0.4 is 0 Å². The zero-order valence-electron chi connectivity index (χ0n) is 13.6. The molecule has 0 aliphatic heterocycles. The minimum Gasteiger partial charge on any atom is -0.332 e. The highest BCUT2D eigenvalue weighted by atomic mass is 16.5. The van der Waals surface area contributed by atoms with Gasteiger partial charge >= 0.3 is 0 Å². The number of ether oxygens (including phenoxy) is 1. The Morgan fingerprint density at radius 1 is 0.895 bits per heavy atom. The molecular weight excluding hydrogens is 234 g/mol. The third-order valence-electron chi connectivity index (χ3n) is 4.63. The van der Waals surface area contributed by atoms with E-state index in [2.05, 4.69) is 21.0 Å². The van der Waals surface area contributed by atoms with E-state index >= 15 is 0 Å². The fraction of sp³-hybridized carbons (Fsp3) is 1.00. The first-order valence-corrected chi connectivity index (χ1v) is 8.57. The molecule has 1 rings (SSSR count). The van der Waals surface area contributed by atoms with E-state index in [9.17, 15) is 0 Å². The average molecular weight is 270 g/mol. The van der Waals surface area contributed by atoms with Gasteiger partial charge in [0.1, 0.15) is 0 Å². The number of hydrogen-bond acceptors (Lipinski definition) is 1. The first-order valence-electron chi connectivity index (χ1n) is 8.57. The zero-order chi connectivity index (χ0) is 14.0. The van der Waals surface area contributed by atoms with E-state index in [-0.39, 0.29) is 0 Å². The SMILES string of the molecule is CCCCCCCCOC[N+](C)(C)C1CCCCC1. The predicted octanol–water partition coefficient (Wildman–Crippen LogP) is 4.73. The summed E-state index contributed by atoms with van der Waals surface area (Å²) in [6, 6.07) is 0.832. The summed E-state index contributed by atoms with van der Waals surface area (Å²) < 4.78 is 7.00.